The molecule has 0 aromatic carbocycles. The van der Waals surface area contributed by atoms with Crippen LogP contribution in [-0.4, -0.2) is 67.3 Å². The van der Waals surface area contributed by atoms with Crippen molar-refractivity contribution in [1.82, 2.24) is 15.5 Å². The highest BCUT2D eigenvalue weighted by Gasteiger charge is 2.40. The first-order chi connectivity index (χ1) is 12.8. The average molecular weight is 383 g/mol. The number of carbonyl (C=O) groups is 3. The Morgan fingerprint density at radius 2 is 1.93 bits per heavy atom. The van der Waals surface area contributed by atoms with Crippen molar-refractivity contribution in [2.75, 3.05) is 39.4 Å². The Balaban J connectivity index is 1.79. The number of rotatable bonds is 7. The fraction of sp³-hybridized carbons (Fsp3) is 0.842. The second-order valence-corrected chi connectivity index (χ2v) is 8.21. The molecule has 0 spiro atoms. The van der Waals surface area contributed by atoms with Gasteiger partial charge in [0, 0.05) is 45.8 Å². The number of hydrogen-bond acceptors (Lipinski definition) is 4. The second-order valence-electron chi connectivity index (χ2n) is 8.21. The van der Waals surface area contributed by atoms with Gasteiger partial charge in [0.2, 0.25) is 5.91 Å². The van der Waals surface area contributed by atoms with E-state index < -0.39 is 11.4 Å². The van der Waals surface area contributed by atoms with Gasteiger partial charge in [0.25, 0.3) is 0 Å². The van der Waals surface area contributed by atoms with Gasteiger partial charge in [-0.3, -0.25) is 9.59 Å². The van der Waals surface area contributed by atoms with Crippen LogP contribution in [0.1, 0.15) is 46.0 Å². The van der Waals surface area contributed by atoms with Gasteiger partial charge in [0.05, 0.1) is 5.41 Å². The average Bonchev–Trinajstić information content (AvgIpc) is 2.65. The lowest BCUT2D eigenvalue weighted by Crippen LogP contribution is -2.48. The predicted molar refractivity (Wildman–Crippen MR) is 100 cm³/mol. The maximum Gasteiger partial charge on any atom is 0.317 e. The maximum atomic E-state index is 12.4. The fourth-order valence-electron chi connectivity index (χ4n) is 3.65. The molecule has 2 aliphatic heterocycles. The highest BCUT2D eigenvalue weighted by molar-refractivity contribution is 5.79. The molecule has 154 valence electrons. The van der Waals surface area contributed by atoms with E-state index >= 15 is 0 Å². The molecule has 1 unspecified atom stereocenters. The van der Waals surface area contributed by atoms with E-state index in [4.69, 9.17) is 4.74 Å². The summed E-state index contributed by atoms with van der Waals surface area (Å²) in [5.74, 6) is -0.514. The molecule has 1 atom stereocenters. The summed E-state index contributed by atoms with van der Waals surface area (Å²) < 4.78 is 5.25. The molecule has 0 radical (unpaired) electrons. The van der Waals surface area contributed by atoms with E-state index in [1.807, 2.05) is 13.8 Å². The number of nitrogens with zero attached hydrogens (tertiary/aromatic N) is 1. The molecule has 0 saturated carbocycles. The van der Waals surface area contributed by atoms with Crippen LogP contribution in [0.3, 0.4) is 0 Å². The molecule has 2 aliphatic rings. The summed E-state index contributed by atoms with van der Waals surface area (Å²) in [6, 6.07) is -0.0687. The van der Waals surface area contributed by atoms with E-state index in [0.717, 1.165) is 12.8 Å². The quantitative estimate of drug-likeness (QED) is 0.617. The van der Waals surface area contributed by atoms with Crippen molar-refractivity contribution in [1.29, 1.82) is 0 Å². The molecule has 0 aromatic heterocycles. The smallest absolute Gasteiger partial charge is 0.317 e. The molecule has 8 nitrogen and oxygen atoms in total. The highest BCUT2D eigenvalue weighted by atomic mass is 16.5. The number of likely N-dealkylation sites (tertiary alicyclic amines) is 1. The summed E-state index contributed by atoms with van der Waals surface area (Å²) in [5, 5.41) is 15.3. The second kappa shape index (κ2) is 9.92. The molecular weight excluding hydrogens is 350 g/mol. The minimum absolute atomic E-state index is 0.0687. The molecule has 2 saturated heterocycles. The summed E-state index contributed by atoms with van der Waals surface area (Å²) in [7, 11) is 0. The highest BCUT2D eigenvalue weighted by Crippen LogP contribution is 2.30. The summed E-state index contributed by atoms with van der Waals surface area (Å²) >= 11 is 0. The molecule has 0 bridgehead atoms. The Morgan fingerprint density at radius 3 is 2.56 bits per heavy atom. The molecular formula is C19H33N3O5. The molecule has 27 heavy (non-hydrogen) atoms. The van der Waals surface area contributed by atoms with Gasteiger partial charge in [-0.15, -0.1) is 0 Å². The number of nitrogens with one attached hydrogen (secondary N) is 2. The monoisotopic (exact) mass is 383 g/mol. The van der Waals surface area contributed by atoms with Crippen molar-refractivity contribution >= 4 is 17.9 Å². The Kier molecular flexibility index (Phi) is 7.89. The third-order valence-corrected chi connectivity index (χ3v) is 5.47. The third-order valence-electron chi connectivity index (χ3n) is 5.47. The minimum Gasteiger partial charge on any atom is -0.481 e. The summed E-state index contributed by atoms with van der Waals surface area (Å²) in [5.41, 5.74) is -0.927. The number of carboxylic acid groups (broad SMARTS) is 1. The van der Waals surface area contributed by atoms with E-state index in [1.54, 1.807) is 4.90 Å². The largest absolute Gasteiger partial charge is 0.481 e. The van der Waals surface area contributed by atoms with E-state index in [-0.39, 0.29) is 24.4 Å². The lowest BCUT2D eigenvalue weighted by Gasteiger charge is -2.34. The number of amides is 3. The Morgan fingerprint density at radius 1 is 1.22 bits per heavy atom. The van der Waals surface area contributed by atoms with Gasteiger partial charge in [-0.1, -0.05) is 13.8 Å². The van der Waals surface area contributed by atoms with Crippen LogP contribution < -0.4 is 10.6 Å². The Bertz CT molecular complexity index is 531. The standard InChI is InChI=1S/C19H33N3O5/c1-14(2)11-20-18(26)22-7-3-4-15(12-22)10-16(23)21-13-19(17(24)25)5-8-27-9-6-19/h14-15H,3-13H2,1-2H3,(H,20,26)(H,21,23)(H,24,25). The topological polar surface area (TPSA) is 108 Å². The number of carboxylic acids is 1. The van der Waals surface area contributed by atoms with Crippen LogP contribution >= 0.6 is 0 Å². The third kappa shape index (κ3) is 6.37. The van der Waals surface area contributed by atoms with Crippen molar-refractivity contribution in [2.24, 2.45) is 17.3 Å². The molecule has 3 N–H and O–H groups in total. The molecule has 8 heteroatoms. The van der Waals surface area contributed by atoms with E-state index in [0.29, 0.717) is 58.0 Å². The predicted octanol–water partition coefficient (Wildman–Crippen LogP) is 1.45. The number of urea groups is 1. The SMILES string of the molecule is CC(C)CNC(=O)N1CCCC(CC(=O)NCC2(C(=O)O)CCOCC2)C1. The Hall–Kier alpha value is -1.83. The molecule has 3 amide bonds. The van der Waals surface area contributed by atoms with Crippen LogP contribution in [-0.2, 0) is 14.3 Å². The Labute approximate surface area is 161 Å². The summed E-state index contributed by atoms with van der Waals surface area (Å²) in [6.45, 7) is 6.96. The van der Waals surface area contributed by atoms with Gasteiger partial charge in [-0.2, -0.15) is 0 Å². The molecule has 2 heterocycles. The molecule has 2 fully saturated rings. The molecule has 0 aliphatic carbocycles. The van der Waals surface area contributed by atoms with Gasteiger partial charge in [-0.05, 0) is 37.5 Å². The van der Waals surface area contributed by atoms with E-state index in [2.05, 4.69) is 10.6 Å². The van der Waals surface area contributed by atoms with Crippen molar-refractivity contribution < 1.29 is 24.2 Å². The number of piperidine rings is 1. The molecule has 0 aromatic rings. The first-order valence-electron chi connectivity index (χ1n) is 9.93. The van der Waals surface area contributed by atoms with Crippen molar-refractivity contribution in [2.45, 2.75) is 46.0 Å². The zero-order chi connectivity index (χ0) is 19.9. The van der Waals surface area contributed by atoms with Gasteiger partial charge < -0.3 is 25.4 Å². The van der Waals surface area contributed by atoms with Crippen LogP contribution in [0.25, 0.3) is 0 Å². The van der Waals surface area contributed by atoms with Gasteiger partial charge >= 0.3 is 12.0 Å². The van der Waals surface area contributed by atoms with E-state index in [9.17, 15) is 19.5 Å². The summed E-state index contributed by atoms with van der Waals surface area (Å²) in [4.78, 5) is 38.0. The zero-order valence-corrected chi connectivity index (χ0v) is 16.5. The van der Waals surface area contributed by atoms with Gasteiger partial charge in [0.15, 0.2) is 0 Å². The van der Waals surface area contributed by atoms with Crippen LogP contribution in [0.5, 0.6) is 0 Å². The van der Waals surface area contributed by atoms with Crippen LogP contribution in [0.2, 0.25) is 0 Å². The van der Waals surface area contributed by atoms with Crippen LogP contribution in [0, 0.1) is 17.3 Å². The van der Waals surface area contributed by atoms with Crippen LogP contribution in [0.4, 0.5) is 4.79 Å². The first-order valence-corrected chi connectivity index (χ1v) is 9.93. The van der Waals surface area contributed by atoms with Crippen molar-refractivity contribution in [3.8, 4) is 0 Å². The maximum absolute atomic E-state index is 12.4. The van der Waals surface area contributed by atoms with Gasteiger partial charge in [-0.25, -0.2) is 4.79 Å². The first kappa shape index (κ1) is 21.5. The van der Waals surface area contributed by atoms with Gasteiger partial charge in [0.1, 0.15) is 0 Å². The number of carbonyl (C=O) groups excluding carboxylic acids is 2. The van der Waals surface area contributed by atoms with E-state index in [1.165, 1.54) is 0 Å². The molecule has 2 rings (SSSR count). The summed E-state index contributed by atoms with van der Waals surface area (Å²) in [6.07, 6.45) is 2.93. The lowest BCUT2D eigenvalue weighted by atomic mass is 9.80. The lowest BCUT2D eigenvalue weighted by molar-refractivity contribution is -0.154. The number of ether oxygens (including phenoxy) is 1. The van der Waals surface area contributed by atoms with Crippen molar-refractivity contribution in [3.05, 3.63) is 0 Å². The minimum atomic E-state index is -0.927. The fourth-order valence-corrected chi connectivity index (χ4v) is 3.65. The van der Waals surface area contributed by atoms with Crippen LogP contribution in [0.15, 0.2) is 0 Å². The number of aliphatic carboxylic acids is 1. The van der Waals surface area contributed by atoms with Crippen molar-refractivity contribution in [3.63, 3.8) is 0 Å². The zero-order valence-electron chi connectivity index (χ0n) is 16.5. The number of hydrogen-bond donors (Lipinski definition) is 3. The normalized spacial score (nSPS) is 22.3.